The lowest BCUT2D eigenvalue weighted by Gasteiger charge is -2.18. The van der Waals surface area contributed by atoms with Gasteiger partial charge in [-0.2, -0.15) is 16.9 Å². The fourth-order valence-corrected chi connectivity index (χ4v) is 3.33. The fourth-order valence-electron chi connectivity index (χ4n) is 2.40. The van der Waals surface area contributed by atoms with Gasteiger partial charge in [0.2, 0.25) is 0 Å². The summed E-state index contributed by atoms with van der Waals surface area (Å²) in [6.07, 6.45) is 2.96. The first-order valence-electron chi connectivity index (χ1n) is 6.73. The number of hydrogen-bond donors (Lipinski definition) is 2. The molecule has 3 heterocycles. The Morgan fingerprint density at radius 2 is 2.25 bits per heavy atom. The lowest BCUT2D eigenvalue weighted by atomic mass is 10.3. The van der Waals surface area contributed by atoms with E-state index < -0.39 is 0 Å². The van der Waals surface area contributed by atoms with Crippen LogP contribution in [0.2, 0.25) is 0 Å². The Labute approximate surface area is 121 Å². The van der Waals surface area contributed by atoms with Crippen LogP contribution in [0.4, 0.5) is 5.82 Å². The van der Waals surface area contributed by atoms with Gasteiger partial charge in [-0.15, -0.1) is 0 Å². The van der Waals surface area contributed by atoms with Gasteiger partial charge in [0.25, 0.3) is 0 Å². The summed E-state index contributed by atoms with van der Waals surface area (Å²) in [4.78, 5) is 11.5. The highest BCUT2D eigenvalue weighted by atomic mass is 32.2. The van der Waals surface area contributed by atoms with Gasteiger partial charge in [0.1, 0.15) is 5.82 Å². The molecule has 0 radical (unpaired) electrons. The summed E-state index contributed by atoms with van der Waals surface area (Å²) >= 11 is 2.02. The average molecular weight is 293 g/mol. The van der Waals surface area contributed by atoms with Crippen LogP contribution in [-0.2, 0) is 13.6 Å². The topological polar surface area (TPSA) is 84.9 Å². The summed E-state index contributed by atoms with van der Waals surface area (Å²) in [6, 6.07) is 0. The predicted octanol–water partition coefficient (Wildman–Crippen LogP) is 0.588. The zero-order valence-electron chi connectivity index (χ0n) is 11.5. The number of anilines is 1. The lowest BCUT2D eigenvalue weighted by Crippen LogP contribution is -2.27. The Kier molecular flexibility index (Phi) is 4.04. The quantitative estimate of drug-likeness (QED) is 0.632. The van der Waals surface area contributed by atoms with Crippen molar-refractivity contribution in [3.05, 3.63) is 12.0 Å². The monoisotopic (exact) mass is 293 g/mol. The maximum absolute atomic E-state index is 5.56. The van der Waals surface area contributed by atoms with E-state index in [0.717, 1.165) is 36.5 Å². The van der Waals surface area contributed by atoms with E-state index >= 15 is 0 Å². The van der Waals surface area contributed by atoms with E-state index in [1.807, 2.05) is 18.8 Å². The molecule has 2 aromatic rings. The normalized spacial score (nSPS) is 17.3. The molecule has 8 heteroatoms. The third-order valence-corrected chi connectivity index (χ3v) is 4.50. The Morgan fingerprint density at radius 1 is 1.35 bits per heavy atom. The third kappa shape index (κ3) is 2.72. The second-order valence-electron chi connectivity index (χ2n) is 4.88. The molecule has 0 aliphatic carbocycles. The van der Waals surface area contributed by atoms with Crippen molar-refractivity contribution in [2.45, 2.75) is 13.0 Å². The molecule has 0 bridgehead atoms. The van der Waals surface area contributed by atoms with Crippen LogP contribution in [0.3, 0.4) is 0 Å². The van der Waals surface area contributed by atoms with Crippen molar-refractivity contribution in [2.75, 3.05) is 30.0 Å². The number of nitrogens with zero attached hydrogens (tertiary/aromatic N) is 5. The number of aromatic nitrogens is 4. The van der Waals surface area contributed by atoms with E-state index in [1.165, 1.54) is 17.9 Å². The summed E-state index contributed by atoms with van der Waals surface area (Å²) < 4.78 is 1.75. The zero-order valence-corrected chi connectivity index (χ0v) is 12.4. The van der Waals surface area contributed by atoms with E-state index in [1.54, 1.807) is 10.9 Å². The van der Waals surface area contributed by atoms with E-state index in [-0.39, 0.29) is 0 Å². The molecule has 0 aromatic carbocycles. The van der Waals surface area contributed by atoms with Crippen molar-refractivity contribution in [2.24, 2.45) is 12.9 Å². The second kappa shape index (κ2) is 5.94. The molecule has 3 N–H and O–H groups in total. The van der Waals surface area contributed by atoms with Crippen LogP contribution < -0.4 is 11.3 Å². The van der Waals surface area contributed by atoms with Gasteiger partial charge in [0.15, 0.2) is 11.5 Å². The Balaban J connectivity index is 1.88. The largest absolute Gasteiger partial charge is 0.308 e. The molecule has 1 aliphatic heterocycles. The van der Waals surface area contributed by atoms with E-state index in [2.05, 4.69) is 25.4 Å². The van der Waals surface area contributed by atoms with E-state index in [9.17, 15) is 0 Å². The number of nitrogen functional groups attached to an aromatic ring is 1. The number of nitrogens with one attached hydrogen (secondary N) is 1. The number of fused-ring (bicyclic) bond motifs is 1. The molecule has 7 nitrogen and oxygen atoms in total. The number of nitrogens with two attached hydrogens (primary N) is 1. The van der Waals surface area contributed by atoms with Gasteiger partial charge in [0, 0.05) is 19.3 Å². The standard InChI is InChI=1S/C12H19N7S/c1-18-12-9(7-14-18)11(17-13)15-10(16-12)8-19-3-2-5-20-6-4-19/h7H,2-6,8,13H2,1H3,(H,15,16,17). The Morgan fingerprint density at radius 3 is 3.10 bits per heavy atom. The molecule has 1 aliphatic rings. The summed E-state index contributed by atoms with van der Waals surface area (Å²) in [5.41, 5.74) is 3.46. The minimum Gasteiger partial charge on any atom is -0.308 e. The van der Waals surface area contributed by atoms with Gasteiger partial charge in [-0.05, 0) is 18.7 Å². The Hall–Kier alpha value is -1.38. The molecule has 0 unspecified atom stereocenters. The second-order valence-corrected chi connectivity index (χ2v) is 6.11. The summed E-state index contributed by atoms with van der Waals surface area (Å²) in [5.74, 6) is 9.41. The molecular formula is C12H19N7S. The van der Waals surface area contributed by atoms with Gasteiger partial charge in [-0.3, -0.25) is 9.58 Å². The van der Waals surface area contributed by atoms with Gasteiger partial charge in [-0.1, -0.05) is 0 Å². The highest BCUT2D eigenvalue weighted by Gasteiger charge is 2.15. The molecule has 0 amide bonds. The number of hydrazine groups is 1. The minimum atomic E-state index is 0.641. The van der Waals surface area contributed by atoms with Crippen molar-refractivity contribution in [1.29, 1.82) is 0 Å². The van der Waals surface area contributed by atoms with E-state index in [4.69, 9.17) is 5.84 Å². The van der Waals surface area contributed by atoms with Gasteiger partial charge >= 0.3 is 0 Å². The zero-order chi connectivity index (χ0) is 13.9. The van der Waals surface area contributed by atoms with Crippen molar-refractivity contribution in [3.63, 3.8) is 0 Å². The summed E-state index contributed by atoms with van der Waals surface area (Å²) in [6.45, 7) is 2.95. The number of thioether (sulfide) groups is 1. The molecule has 20 heavy (non-hydrogen) atoms. The van der Waals surface area contributed by atoms with Crippen molar-refractivity contribution >= 4 is 28.6 Å². The van der Waals surface area contributed by atoms with Crippen LogP contribution in [0.25, 0.3) is 11.0 Å². The van der Waals surface area contributed by atoms with Crippen LogP contribution in [-0.4, -0.2) is 49.2 Å². The third-order valence-electron chi connectivity index (χ3n) is 3.46. The fraction of sp³-hybridized carbons (Fsp3) is 0.583. The van der Waals surface area contributed by atoms with Crippen molar-refractivity contribution in [1.82, 2.24) is 24.6 Å². The molecule has 3 rings (SSSR count). The average Bonchev–Trinajstić information content (AvgIpc) is 2.67. The first kappa shape index (κ1) is 13.6. The number of rotatable bonds is 3. The van der Waals surface area contributed by atoms with Gasteiger partial charge in [0.05, 0.1) is 18.1 Å². The van der Waals surface area contributed by atoms with E-state index in [0.29, 0.717) is 5.82 Å². The van der Waals surface area contributed by atoms with Crippen molar-refractivity contribution < 1.29 is 0 Å². The van der Waals surface area contributed by atoms with Gasteiger partial charge in [-0.25, -0.2) is 15.8 Å². The maximum atomic E-state index is 5.56. The molecule has 0 atom stereocenters. The van der Waals surface area contributed by atoms with Crippen LogP contribution in [0, 0.1) is 0 Å². The van der Waals surface area contributed by atoms with Crippen LogP contribution >= 0.6 is 11.8 Å². The minimum absolute atomic E-state index is 0.641. The molecule has 1 saturated heterocycles. The first-order chi connectivity index (χ1) is 9.78. The highest BCUT2D eigenvalue weighted by molar-refractivity contribution is 7.99. The molecule has 2 aromatic heterocycles. The predicted molar refractivity (Wildman–Crippen MR) is 81.3 cm³/mol. The first-order valence-corrected chi connectivity index (χ1v) is 7.89. The van der Waals surface area contributed by atoms with Crippen LogP contribution in [0.5, 0.6) is 0 Å². The molecular weight excluding hydrogens is 274 g/mol. The summed E-state index contributed by atoms with van der Waals surface area (Å²) in [5, 5.41) is 5.06. The molecule has 0 spiro atoms. The van der Waals surface area contributed by atoms with Crippen LogP contribution in [0.15, 0.2) is 6.20 Å². The molecule has 108 valence electrons. The molecule has 1 fully saturated rings. The number of aryl methyl sites for hydroxylation is 1. The van der Waals surface area contributed by atoms with Crippen molar-refractivity contribution in [3.8, 4) is 0 Å². The smallest absolute Gasteiger partial charge is 0.163 e. The number of hydrogen-bond acceptors (Lipinski definition) is 7. The maximum Gasteiger partial charge on any atom is 0.163 e. The lowest BCUT2D eigenvalue weighted by molar-refractivity contribution is 0.280. The SMILES string of the molecule is Cn1ncc2c(NN)nc(CN3CCCSCC3)nc21. The Bertz CT molecular complexity index is 589. The van der Waals surface area contributed by atoms with Gasteiger partial charge < -0.3 is 5.43 Å². The molecule has 0 saturated carbocycles. The summed E-state index contributed by atoms with van der Waals surface area (Å²) in [7, 11) is 1.88. The highest BCUT2D eigenvalue weighted by Crippen LogP contribution is 2.19. The van der Waals surface area contributed by atoms with Crippen LogP contribution in [0.1, 0.15) is 12.2 Å².